The standard InChI is InChI=1S/C11H13NO3S/c13-16(14)5-4-8-2-1-3-10(11(8)16)15-9-6-12-7-9/h1-3,9,12H,4-7H2. The Labute approximate surface area is 94.5 Å². The topological polar surface area (TPSA) is 55.4 Å². The highest BCUT2D eigenvalue weighted by molar-refractivity contribution is 7.91. The van der Waals surface area contributed by atoms with E-state index in [1.165, 1.54) is 0 Å². The van der Waals surface area contributed by atoms with Gasteiger partial charge in [0.15, 0.2) is 9.84 Å². The van der Waals surface area contributed by atoms with Gasteiger partial charge in [0.2, 0.25) is 0 Å². The number of aryl methyl sites for hydroxylation is 1. The van der Waals surface area contributed by atoms with Crippen LogP contribution in [0, 0.1) is 0 Å². The highest BCUT2D eigenvalue weighted by Gasteiger charge is 2.31. The highest BCUT2D eigenvalue weighted by atomic mass is 32.2. The van der Waals surface area contributed by atoms with Crippen LogP contribution in [0.2, 0.25) is 0 Å². The molecule has 0 bridgehead atoms. The number of hydrogen-bond acceptors (Lipinski definition) is 4. The third kappa shape index (κ3) is 1.51. The SMILES string of the molecule is O=S1(=O)CCc2cccc(OC3CNC3)c21. The molecule has 0 saturated carbocycles. The lowest BCUT2D eigenvalue weighted by Crippen LogP contribution is -2.50. The average molecular weight is 239 g/mol. The van der Waals surface area contributed by atoms with E-state index in [4.69, 9.17) is 4.74 Å². The van der Waals surface area contributed by atoms with Gasteiger partial charge in [0.05, 0.1) is 5.75 Å². The number of sulfone groups is 1. The summed E-state index contributed by atoms with van der Waals surface area (Å²) >= 11 is 0. The third-order valence-electron chi connectivity index (χ3n) is 3.05. The van der Waals surface area contributed by atoms with Gasteiger partial charge in [0, 0.05) is 13.1 Å². The van der Waals surface area contributed by atoms with E-state index >= 15 is 0 Å². The van der Waals surface area contributed by atoms with Gasteiger partial charge in [-0.05, 0) is 18.1 Å². The van der Waals surface area contributed by atoms with Gasteiger partial charge in [0.25, 0.3) is 0 Å². The van der Waals surface area contributed by atoms with Gasteiger partial charge in [-0.25, -0.2) is 8.42 Å². The Kier molecular flexibility index (Phi) is 2.19. The fourth-order valence-electron chi connectivity index (χ4n) is 2.08. The molecule has 0 amide bonds. The van der Waals surface area contributed by atoms with E-state index in [0.29, 0.717) is 17.1 Å². The van der Waals surface area contributed by atoms with Crippen molar-refractivity contribution in [3.05, 3.63) is 23.8 Å². The van der Waals surface area contributed by atoms with Crippen LogP contribution < -0.4 is 10.1 Å². The minimum atomic E-state index is -3.11. The molecule has 2 aliphatic heterocycles. The lowest BCUT2D eigenvalue weighted by Gasteiger charge is -2.28. The van der Waals surface area contributed by atoms with E-state index in [1.54, 1.807) is 6.07 Å². The lowest BCUT2D eigenvalue weighted by molar-refractivity contribution is 0.138. The number of ether oxygens (including phenoxy) is 1. The first-order valence-electron chi connectivity index (χ1n) is 5.39. The summed E-state index contributed by atoms with van der Waals surface area (Å²) in [5, 5.41) is 3.10. The minimum absolute atomic E-state index is 0.113. The predicted octanol–water partition coefficient (Wildman–Crippen LogP) is 0.367. The molecule has 16 heavy (non-hydrogen) atoms. The number of fused-ring (bicyclic) bond motifs is 1. The maximum atomic E-state index is 11.9. The molecule has 1 N–H and O–H groups in total. The van der Waals surface area contributed by atoms with E-state index in [1.807, 2.05) is 12.1 Å². The second-order valence-electron chi connectivity index (χ2n) is 4.21. The number of hydrogen-bond donors (Lipinski definition) is 1. The molecule has 4 nitrogen and oxygen atoms in total. The summed E-state index contributed by atoms with van der Waals surface area (Å²) < 4.78 is 29.4. The molecule has 1 fully saturated rings. The largest absolute Gasteiger partial charge is 0.486 e. The number of rotatable bonds is 2. The average Bonchev–Trinajstić information content (AvgIpc) is 2.50. The van der Waals surface area contributed by atoms with Crippen LogP contribution in [0.4, 0.5) is 0 Å². The molecular formula is C11H13NO3S. The zero-order chi connectivity index (χ0) is 11.2. The molecule has 0 aromatic heterocycles. The molecule has 0 unspecified atom stereocenters. The van der Waals surface area contributed by atoms with Gasteiger partial charge < -0.3 is 10.1 Å². The van der Waals surface area contributed by atoms with Crippen LogP contribution in [-0.2, 0) is 16.3 Å². The monoisotopic (exact) mass is 239 g/mol. The first-order chi connectivity index (χ1) is 7.67. The van der Waals surface area contributed by atoms with Gasteiger partial charge >= 0.3 is 0 Å². The quantitative estimate of drug-likeness (QED) is 0.810. The van der Waals surface area contributed by atoms with Crippen LogP contribution in [0.3, 0.4) is 0 Å². The Hall–Kier alpha value is -1.07. The molecule has 3 rings (SSSR count). The summed E-state index contributed by atoms with van der Waals surface area (Å²) in [7, 11) is -3.11. The number of benzene rings is 1. The number of nitrogens with one attached hydrogen (secondary N) is 1. The second-order valence-corrected chi connectivity index (χ2v) is 6.26. The van der Waals surface area contributed by atoms with E-state index in [9.17, 15) is 8.42 Å². The maximum absolute atomic E-state index is 11.9. The lowest BCUT2D eigenvalue weighted by atomic mass is 10.1. The van der Waals surface area contributed by atoms with Crippen molar-refractivity contribution in [3.8, 4) is 5.75 Å². The van der Waals surface area contributed by atoms with E-state index in [0.717, 1.165) is 18.7 Å². The molecular weight excluding hydrogens is 226 g/mol. The molecule has 1 saturated heterocycles. The summed E-state index contributed by atoms with van der Waals surface area (Å²) in [4.78, 5) is 0.418. The second kappa shape index (κ2) is 3.46. The van der Waals surface area contributed by atoms with Crippen LogP contribution in [0.15, 0.2) is 23.1 Å². The molecule has 5 heteroatoms. The van der Waals surface area contributed by atoms with Crippen LogP contribution in [0.25, 0.3) is 0 Å². The minimum Gasteiger partial charge on any atom is -0.486 e. The Morgan fingerprint density at radius 1 is 1.31 bits per heavy atom. The summed E-state index contributed by atoms with van der Waals surface area (Å²) in [5.74, 6) is 0.743. The Morgan fingerprint density at radius 2 is 2.12 bits per heavy atom. The zero-order valence-corrected chi connectivity index (χ0v) is 9.59. The van der Waals surface area contributed by atoms with Gasteiger partial charge in [-0.2, -0.15) is 0 Å². The van der Waals surface area contributed by atoms with Crippen molar-refractivity contribution in [2.75, 3.05) is 18.8 Å². The van der Waals surface area contributed by atoms with E-state index < -0.39 is 9.84 Å². The van der Waals surface area contributed by atoms with Crippen LogP contribution >= 0.6 is 0 Å². The van der Waals surface area contributed by atoms with E-state index in [2.05, 4.69) is 5.32 Å². The van der Waals surface area contributed by atoms with Crippen molar-refractivity contribution < 1.29 is 13.2 Å². The predicted molar refractivity (Wildman–Crippen MR) is 59.5 cm³/mol. The fourth-order valence-corrected chi connectivity index (χ4v) is 3.76. The molecule has 2 heterocycles. The summed E-state index contributed by atoms with van der Waals surface area (Å²) in [6.07, 6.45) is 0.722. The summed E-state index contributed by atoms with van der Waals surface area (Å²) in [5.41, 5.74) is 0.893. The van der Waals surface area contributed by atoms with Gasteiger partial charge in [-0.1, -0.05) is 12.1 Å². The van der Waals surface area contributed by atoms with Crippen molar-refractivity contribution in [2.24, 2.45) is 0 Å². The van der Waals surface area contributed by atoms with Crippen molar-refractivity contribution in [3.63, 3.8) is 0 Å². The van der Waals surface area contributed by atoms with Crippen LogP contribution in [0.1, 0.15) is 5.56 Å². The third-order valence-corrected chi connectivity index (χ3v) is 4.88. The van der Waals surface area contributed by atoms with Gasteiger partial charge in [-0.3, -0.25) is 0 Å². The molecule has 86 valence electrons. The van der Waals surface area contributed by atoms with Gasteiger partial charge in [0.1, 0.15) is 16.7 Å². The summed E-state index contributed by atoms with van der Waals surface area (Å²) in [6, 6.07) is 5.48. The molecule has 0 atom stereocenters. The first kappa shape index (κ1) is 10.1. The maximum Gasteiger partial charge on any atom is 0.182 e. The van der Waals surface area contributed by atoms with Crippen LogP contribution in [-0.4, -0.2) is 33.4 Å². The van der Waals surface area contributed by atoms with Crippen molar-refractivity contribution in [2.45, 2.75) is 17.4 Å². The molecule has 1 aromatic carbocycles. The molecule has 0 aliphatic carbocycles. The Bertz CT molecular complexity index is 520. The van der Waals surface area contributed by atoms with Crippen molar-refractivity contribution in [1.82, 2.24) is 5.32 Å². The van der Waals surface area contributed by atoms with Gasteiger partial charge in [-0.15, -0.1) is 0 Å². The molecule has 2 aliphatic rings. The summed E-state index contributed by atoms with van der Waals surface area (Å²) in [6.45, 7) is 1.59. The molecule has 0 spiro atoms. The fraction of sp³-hybridized carbons (Fsp3) is 0.455. The highest BCUT2D eigenvalue weighted by Crippen LogP contribution is 2.34. The Balaban J connectivity index is 2.02. The molecule has 0 radical (unpaired) electrons. The van der Waals surface area contributed by atoms with Crippen molar-refractivity contribution in [1.29, 1.82) is 0 Å². The molecule has 1 aromatic rings. The van der Waals surface area contributed by atoms with Crippen molar-refractivity contribution >= 4 is 9.84 Å². The normalized spacial score (nSPS) is 22.5. The van der Waals surface area contributed by atoms with E-state index in [-0.39, 0.29) is 11.9 Å². The zero-order valence-electron chi connectivity index (χ0n) is 8.77. The van der Waals surface area contributed by atoms with Crippen LogP contribution in [0.5, 0.6) is 5.75 Å². The smallest absolute Gasteiger partial charge is 0.182 e. The first-order valence-corrected chi connectivity index (χ1v) is 7.04. The Morgan fingerprint density at radius 3 is 2.81 bits per heavy atom.